The Bertz CT molecular complexity index is 446. The van der Waals surface area contributed by atoms with Crippen molar-refractivity contribution in [1.82, 2.24) is 0 Å². The van der Waals surface area contributed by atoms with Crippen molar-refractivity contribution in [2.45, 2.75) is 0 Å². The molecule has 0 amide bonds. The van der Waals surface area contributed by atoms with Crippen LogP contribution in [0.4, 0.5) is 0 Å². The number of benzene rings is 2. The van der Waals surface area contributed by atoms with Gasteiger partial charge in [0.15, 0.2) is 0 Å². The van der Waals surface area contributed by atoms with Crippen LogP contribution < -0.4 is 4.74 Å². The summed E-state index contributed by atoms with van der Waals surface area (Å²) >= 11 is 0. The van der Waals surface area contributed by atoms with Crippen molar-refractivity contribution in [3.63, 3.8) is 0 Å². The summed E-state index contributed by atoms with van der Waals surface area (Å²) in [7, 11) is 0. The van der Waals surface area contributed by atoms with E-state index in [-0.39, 0.29) is 0 Å². The van der Waals surface area contributed by atoms with Gasteiger partial charge in [-0.05, 0) is 18.4 Å². The lowest BCUT2D eigenvalue weighted by atomic mass is 10.1. The van der Waals surface area contributed by atoms with Crippen LogP contribution in [0.1, 0.15) is 0 Å². The number of rotatable bonds is 5. The van der Waals surface area contributed by atoms with Crippen molar-refractivity contribution >= 4 is 10.8 Å². The van der Waals surface area contributed by atoms with Gasteiger partial charge in [0, 0.05) is 12.0 Å². The van der Waals surface area contributed by atoms with Crippen LogP contribution in [-0.4, -0.2) is 19.8 Å². The van der Waals surface area contributed by atoms with E-state index in [1.54, 1.807) is 0 Å². The van der Waals surface area contributed by atoms with Gasteiger partial charge in [0.2, 0.25) is 0 Å². The van der Waals surface area contributed by atoms with Gasteiger partial charge in [-0.2, -0.15) is 0 Å². The lowest BCUT2D eigenvalue weighted by Crippen LogP contribution is -2.06. The Morgan fingerprint density at radius 2 is 1.75 bits per heavy atom. The summed E-state index contributed by atoms with van der Waals surface area (Å²) in [5.74, 6) is 0.908. The largest absolute Gasteiger partial charge is 0.491 e. The normalized spacial score (nSPS) is 10.6. The molecule has 2 aromatic carbocycles. The predicted octanol–water partition coefficient (Wildman–Crippen LogP) is 3.07. The maximum atomic E-state index is 5.67. The zero-order valence-corrected chi connectivity index (χ0v) is 9.19. The average Bonchev–Trinajstić information content (AvgIpc) is 2.35. The van der Waals surface area contributed by atoms with Crippen LogP contribution in [0.3, 0.4) is 0 Å². The summed E-state index contributed by atoms with van der Waals surface area (Å²) in [6.07, 6.45) is 0. The smallest absolute Gasteiger partial charge is 0.127 e. The second kappa shape index (κ2) is 5.52. The fourth-order valence-corrected chi connectivity index (χ4v) is 1.63. The summed E-state index contributed by atoms with van der Waals surface area (Å²) in [5.41, 5.74) is 0. The fourth-order valence-electron chi connectivity index (χ4n) is 1.63. The quantitative estimate of drug-likeness (QED) is 0.714. The molecule has 0 aliphatic heterocycles. The zero-order valence-electron chi connectivity index (χ0n) is 9.19. The third-order valence-electron chi connectivity index (χ3n) is 2.38. The minimum atomic E-state index is 0.485. The molecule has 83 valence electrons. The monoisotopic (exact) mass is 215 g/mol. The van der Waals surface area contributed by atoms with E-state index in [1.807, 2.05) is 24.3 Å². The minimum Gasteiger partial charge on any atom is -0.491 e. The molecule has 0 N–H and O–H groups in total. The van der Waals surface area contributed by atoms with E-state index >= 15 is 0 Å². The first kappa shape index (κ1) is 11.0. The van der Waals surface area contributed by atoms with Crippen LogP contribution in [0.2, 0.25) is 0 Å². The molecular formula is C14H15O2. The van der Waals surface area contributed by atoms with Crippen molar-refractivity contribution < 1.29 is 9.47 Å². The summed E-state index contributed by atoms with van der Waals surface area (Å²) < 4.78 is 10.8. The predicted molar refractivity (Wildman–Crippen MR) is 65.6 cm³/mol. The Morgan fingerprint density at radius 1 is 0.938 bits per heavy atom. The summed E-state index contributed by atoms with van der Waals surface area (Å²) in [6, 6.07) is 14.2. The Morgan fingerprint density at radius 3 is 2.62 bits per heavy atom. The fraction of sp³-hybridized carbons (Fsp3) is 0.214. The van der Waals surface area contributed by atoms with Crippen molar-refractivity contribution in [2.75, 3.05) is 19.8 Å². The van der Waals surface area contributed by atoms with Gasteiger partial charge in [-0.1, -0.05) is 36.4 Å². The van der Waals surface area contributed by atoms with E-state index < -0.39 is 0 Å². The van der Waals surface area contributed by atoms with E-state index in [0.717, 1.165) is 11.1 Å². The van der Waals surface area contributed by atoms with Gasteiger partial charge in [0.1, 0.15) is 12.4 Å². The molecule has 2 heteroatoms. The summed E-state index contributed by atoms with van der Waals surface area (Å²) in [5, 5.41) is 2.33. The summed E-state index contributed by atoms with van der Waals surface area (Å²) in [4.78, 5) is 0. The van der Waals surface area contributed by atoms with Crippen LogP contribution in [0.25, 0.3) is 10.8 Å². The van der Waals surface area contributed by atoms with E-state index in [0.29, 0.717) is 19.8 Å². The minimum absolute atomic E-state index is 0.485. The number of hydrogen-bond acceptors (Lipinski definition) is 2. The van der Waals surface area contributed by atoms with Crippen molar-refractivity contribution in [1.29, 1.82) is 0 Å². The van der Waals surface area contributed by atoms with Crippen LogP contribution in [0.15, 0.2) is 42.5 Å². The highest BCUT2D eigenvalue weighted by Crippen LogP contribution is 2.24. The molecule has 2 aromatic rings. The molecule has 0 aliphatic carbocycles. The van der Waals surface area contributed by atoms with Crippen molar-refractivity contribution in [3.05, 3.63) is 49.4 Å². The third-order valence-corrected chi connectivity index (χ3v) is 2.38. The Hall–Kier alpha value is -1.54. The van der Waals surface area contributed by atoms with E-state index in [2.05, 4.69) is 25.1 Å². The van der Waals surface area contributed by atoms with Crippen LogP contribution >= 0.6 is 0 Å². The molecule has 2 rings (SSSR count). The number of fused-ring (bicyclic) bond motifs is 1. The molecule has 0 aromatic heterocycles. The van der Waals surface area contributed by atoms with Gasteiger partial charge in [0.25, 0.3) is 0 Å². The van der Waals surface area contributed by atoms with Crippen molar-refractivity contribution in [2.24, 2.45) is 0 Å². The van der Waals surface area contributed by atoms with E-state index in [9.17, 15) is 0 Å². The molecule has 0 unspecified atom stereocenters. The van der Waals surface area contributed by atoms with E-state index in [1.165, 1.54) is 5.39 Å². The molecule has 0 spiro atoms. The molecule has 2 nitrogen and oxygen atoms in total. The third kappa shape index (κ3) is 2.52. The maximum Gasteiger partial charge on any atom is 0.127 e. The van der Waals surface area contributed by atoms with Gasteiger partial charge >= 0.3 is 0 Å². The van der Waals surface area contributed by atoms with Crippen LogP contribution in [0.5, 0.6) is 5.75 Å². The van der Waals surface area contributed by atoms with Crippen LogP contribution in [0, 0.1) is 6.92 Å². The highest BCUT2D eigenvalue weighted by atomic mass is 16.5. The average molecular weight is 215 g/mol. The van der Waals surface area contributed by atoms with Gasteiger partial charge < -0.3 is 9.47 Å². The number of hydrogen-bond donors (Lipinski definition) is 0. The standard InChI is InChI=1S/C14H15O2/c1-2-15-10-11-16-14-9-5-7-12-6-3-4-8-13(12)14/h3-9H,1-2,10-11H2. The maximum absolute atomic E-state index is 5.67. The molecule has 1 radical (unpaired) electrons. The van der Waals surface area contributed by atoms with Gasteiger partial charge in [-0.3, -0.25) is 0 Å². The Kier molecular flexibility index (Phi) is 3.78. The van der Waals surface area contributed by atoms with Gasteiger partial charge in [-0.15, -0.1) is 0 Å². The molecule has 16 heavy (non-hydrogen) atoms. The molecule has 0 bridgehead atoms. The molecule has 0 atom stereocenters. The van der Waals surface area contributed by atoms with Gasteiger partial charge in [-0.25, -0.2) is 0 Å². The summed E-state index contributed by atoms with van der Waals surface area (Å²) in [6.45, 7) is 5.22. The second-order valence-corrected chi connectivity index (χ2v) is 3.44. The van der Waals surface area contributed by atoms with Gasteiger partial charge in [0.05, 0.1) is 6.61 Å². The molecule has 0 aliphatic rings. The molecule has 0 heterocycles. The lowest BCUT2D eigenvalue weighted by molar-refractivity contribution is 0.120. The second-order valence-electron chi connectivity index (χ2n) is 3.44. The zero-order chi connectivity index (χ0) is 11.2. The van der Waals surface area contributed by atoms with Crippen molar-refractivity contribution in [3.8, 4) is 5.75 Å². The lowest BCUT2D eigenvalue weighted by Gasteiger charge is -2.08. The SMILES string of the molecule is [CH2]COCCOc1cccc2ccccc12. The van der Waals surface area contributed by atoms with Crippen LogP contribution in [-0.2, 0) is 4.74 Å². The molecule has 0 saturated carbocycles. The number of ether oxygens (including phenoxy) is 2. The Labute approximate surface area is 95.8 Å². The first-order valence-electron chi connectivity index (χ1n) is 5.39. The first-order valence-corrected chi connectivity index (χ1v) is 5.39. The highest BCUT2D eigenvalue weighted by molar-refractivity contribution is 5.88. The first-order chi connectivity index (χ1) is 7.92. The molecule has 0 saturated heterocycles. The molecule has 0 fully saturated rings. The topological polar surface area (TPSA) is 18.5 Å². The highest BCUT2D eigenvalue weighted by Gasteiger charge is 2.00. The molecular weight excluding hydrogens is 200 g/mol. The Balaban J connectivity index is 2.11. The van der Waals surface area contributed by atoms with E-state index in [4.69, 9.17) is 9.47 Å².